The molecule has 0 bridgehead atoms. The predicted molar refractivity (Wildman–Crippen MR) is 83.1 cm³/mol. The Bertz CT molecular complexity index is 707. The molecule has 0 spiro atoms. The Labute approximate surface area is 125 Å². The van der Waals surface area contributed by atoms with E-state index in [9.17, 15) is 8.42 Å². The summed E-state index contributed by atoms with van der Waals surface area (Å²) in [7, 11) is -3.52. The standard InChI is InChI=1S/C16H16N2O2S/c17-12-7-13-18(16-10-5-2-6-11-16)21(19,20)14-15-8-3-1-4-9-15/h1-6,8-11H,7,13-14H2. The topological polar surface area (TPSA) is 61.2 Å². The Morgan fingerprint density at radius 3 is 2.10 bits per heavy atom. The van der Waals surface area contributed by atoms with Gasteiger partial charge in [-0.2, -0.15) is 5.26 Å². The highest BCUT2D eigenvalue weighted by molar-refractivity contribution is 7.92. The van der Waals surface area contributed by atoms with Gasteiger partial charge in [0.2, 0.25) is 10.0 Å². The molecule has 0 unspecified atom stereocenters. The molecule has 0 aliphatic carbocycles. The molecule has 2 aromatic rings. The van der Waals surface area contributed by atoms with Crippen LogP contribution in [-0.2, 0) is 15.8 Å². The molecule has 0 saturated heterocycles. The highest BCUT2D eigenvalue weighted by Gasteiger charge is 2.22. The van der Waals surface area contributed by atoms with Gasteiger partial charge in [0, 0.05) is 6.54 Å². The van der Waals surface area contributed by atoms with Crippen molar-refractivity contribution in [1.29, 1.82) is 5.26 Å². The van der Waals surface area contributed by atoms with Gasteiger partial charge < -0.3 is 0 Å². The second-order valence-electron chi connectivity index (χ2n) is 4.56. The summed E-state index contributed by atoms with van der Waals surface area (Å²) in [6.07, 6.45) is 0.156. The lowest BCUT2D eigenvalue weighted by Gasteiger charge is -2.23. The lowest BCUT2D eigenvalue weighted by molar-refractivity contribution is 0.590. The molecule has 0 radical (unpaired) electrons. The summed E-state index contributed by atoms with van der Waals surface area (Å²) in [6.45, 7) is 0.162. The van der Waals surface area contributed by atoms with Crippen LogP contribution in [0.2, 0.25) is 0 Å². The van der Waals surface area contributed by atoms with Crippen molar-refractivity contribution < 1.29 is 8.42 Å². The molecule has 4 nitrogen and oxygen atoms in total. The number of para-hydroxylation sites is 1. The zero-order chi connectivity index (χ0) is 15.1. The van der Waals surface area contributed by atoms with Crippen LogP contribution in [0.4, 0.5) is 5.69 Å². The van der Waals surface area contributed by atoms with Gasteiger partial charge in [-0.05, 0) is 17.7 Å². The van der Waals surface area contributed by atoms with E-state index in [0.717, 1.165) is 5.56 Å². The van der Waals surface area contributed by atoms with E-state index >= 15 is 0 Å². The first-order chi connectivity index (χ1) is 10.1. The van der Waals surface area contributed by atoms with Crippen molar-refractivity contribution >= 4 is 15.7 Å². The van der Waals surface area contributed by atoms with Crippen LogP contribution < -0.4 is 4.31 Å². The third-order valence-corrected chi connectivity index (χ3v) is 4.76. The molecule has 0 aliphatic heterocycles. The molecule has 0 N–H and O–H groups in total. The lowest BCUT2D eigenvalue weighted by Crippen LogP contribution is -2.32. The van der Waals surface area contributed by atoms with E-state index in [-0.39, 0.29) is 18.7 Å². The molecule has 0 heterocycles. The average molecular weight is 300 g/mol. The maximum absolute atomic E-state index is 12.6. The van der Waals surface area contributed by atoms with Crippen LogP contribution in [0.3, 0.4) is 0 Å². The van der Waals surface area contributed by atoms with Gasteiger partial charge in [-0.1, -0.05) is 48.5 Å². The van der Waals surface area contributed by atoms with Crippen molar-refractivity contribution in [1.82, 2.24) is 0 Å². The third-order valence-electron chi connectivity index (χ3n) is 3.00. The van der Waals surface area contributed by atoms with Gasteiger partial charge in [0.25, 0.3) is 0 Å². The molecule has 2 aromatic carbocycles. The number of rotatable bonds is 6. The minimum Gasteiger partial charge on any atom is -0.269 e. The highest BCUT2D eigenvalue weighted by atomic mass is 32.2. The molecule has 5 heteroatoms. The van der Waals surface area contributed by atoms with Crippen molar-refractivity contribution in [2.45, 2.75) is 12.2 Å². The molecule has 2 rings (SSSR count). The second-order valence-corrected chi connectivity index (χ2v) is 6.45. The number of hydrogen-bond donors (Lipinski definition) is 0. The number of nitrogens with zero attached hydrogens (tertiary/aromatic N) is 2. The normalized spacial score (nSPS) is 10.8. The smallest absolute Gasteiger partial charge is 0.239 e. The number of hydrogen-bond acceptors (Lipinski definition) is 3. The summed E-state index contributed by atoms with van der Waals surface area (Å²) in [5.41, 5.74) is 1.32. The minimum absolute atomic E-state index is 0.0752. The Balaban J connectivity index is 2.29. The summed E-state index contributed by atoms with van der Waals surface area (Å²) >= 11 is 0. The number of benzene rings is 2. The molecule has 0 aliphatic rings. The molecule has 0 amide bonds. The number of sulfonamides is 1. The zero-order valence-electron chi connectivity index (χ0n) is 11.5. The molecule has 108 valence electrons. The Morgan fingerprint density at radius 2 is 1.52 bits per heavy atom. The fraction of sp³-hybridized carbons (Fsp3) is 0.188. The number of nitriles is 1. The van der Waals surface area contributed by atoms with Gasteiger partial charge in [-0.25, -0.2) is 8.42 Å². The monoisotopic (exact) mass is 300 g/mol. The maximum Gasteiger partial charge on any atom is 0.239 e. The minimum atomic E-state index is -3.52. The zero-order valence-corrected chi connectivity index (χ0v) is 12.3. The summed E-state index contributed by atoms with van der Waals surface area (Å²) in [6, 6.07) is 19.9. The van der Waals surface area contributed by atoms with Crippen LogP contribution in [0.25, 0.3) is 0 Å². The summed E-state index contributed by atoms with van der Waals surface area (Å²) in [5, 5.41) is 8.75. The van der Waals surface area contributed by atoms with E-state index in [1.165, 1.54) is 4.31 Å². The number of anilines is 1. The van der Waals surface area contributed by atoms with Crippen molar-refractivity contribution in [2.24, 2.45) is 0 Å². The molecule has 21 heavy (non-hydrogen) atoms. The fourth-order valence-electron chi connectivity index (χ4n) is 2.04. The molecular formula is C16H16N2O2S. The summed E-state index contributed by atoms with van der Waals surface area (Å²) in [5.74, 6) is -0.0752. The van der Waals surface area contributed by atoms with Gasteiger partial charge in [-0.15, -0.1) is 0 Å². The first kappa shape index (κ1) is 15.1. The van der Waals surface area contributed by atoms with Crippen molar-refractivity contribution in [3.8, 4) is 6.07 Å². The van der Waals surface area contributed by atoms with E-state index in [1.807, 2.05) is 30.3 Å². The van der Waals surface area contributed by atoms with Crippen LogP contribution in [0.1, 0.15) is 12.0 Å². The highest BCUT2D eigenvalue weighted by Crippen LogP contribution is 2.20. The fourth-order valence-corrected chi connectivity index (χ4v) is 3.62. The molecule has 0 aromatic heterocycles. The van der Waals surface area contributed by atoms with Crippen LogP contribution >= 0.6 is 0 Å². The molecule has 0 atom stereocenters. The molecule has 0 fully saturated rings. The molecular weight excluding hydrogens is 284 g/mol. The Hall–Kier alpha value is -2.32. The van der Waals surface area contributed by atoms with Gasteiger partial charge in [0.1, 0.15) is 0 Å². The first-order valence-electron chi connectivity index (χ1n) is 6.60. The van der Waals surface area contributed by atoms with E-state index in [2.05, 4.69) is 0 Å². The van der Waals surface area contributed by atoms with Gasteiger partial charge in [0.15, 0.2) is 0 Å². The van der Waals surface area contributed by atoms with E-state index in [4.69, 9.17) is 5.26 Å². The molecule has 0 saturated carbocycles. The predicted octanol–water partition coefficient (Wildman–Crippen LogP) is 2.94. The van der Waals surface area contributed by atoms with Gasteiger partial charge in [-0.3, -0.25) is 4.31 Å². The van der Waals surface area contributed by atoms with Crippen molar-refractivity contribution in [2.75, 3.05) is 10.8 Å². The van der Waals surface area contributed by atoms with E-state index in [1.54, 1.807) is 36.4 Å². The first-order valence-corrected chi connectivity index (χ1v) is 8.21. The lowest BCUT2D eigenvalue weighted by atomic mass is 10.2. The van der Waals surface area contributed by atoms with Crippen LogP contribution in [-0.4, -0.2) is 15.0 Å². The maximum atomic E-state index is 12.6. The van der Waals surface area contributed by atoms with Gasteiger partial charge >= 0.3 is 0 Å². The second kappa shape index (κ2) is 6.91. The van der Waals surface area contributed by atoms with Gasteiger partial charge in [0.05, 0.1) is 23.9 Å². The van der Waals surface area contributed by atoms with Crippen LogP contribution in [0.15, 0.2) is 60.7 Å². The van der Waals surface area contributed by atoms with Crippen molar-refractivity contribution in [3.05, 3.63) is 66.2 Å². The quantitative estimate of drug-likeness (QED) is 0.824. The average Bonchev–Trinajstić information content (AvgIpc) is 2.49. The van der Waals surface area contributed by atoms with Crippen LogP contribution in [0, 0.1) is 11.3 Å². The third kappa shape index (κ3) is 4.07. The van der Waals surface area contributed by atoms with E-state index < -0.39 is 10.0 Å². The Kier molecular flexibility index (Phi) is 4.96. The van der Waals surface area contributed by atoms with Crippen LogP contribution in [0.5, 0.6) is 0 Å². The summed E-state index contributed by atoms with van der Waals surface area (Å²) in [4.78, 5) is 0. The summed E-state index contributed by atoms with van der Waals surface area (Å²) < 4.78 is 26.6. The SMILES string of the molecule is N#CCCN(c1ccccc1)S(=O)(=O)Cc1ccccc1. The van der Waals surface area contributed by atoms with Crippen molar-refractivity contribution in [3.63, 3.8) is 0 Å². The largest absolute Gasteiger partial charge is 0.269 e. The van der Waals surface area contributed by atoms with E-state index in [0.29, 0.717) is 5.69 Å². The Morgan fingerprint density at radius 1 is 0.952 bits per heavy atom.